The van der Waals surface area contributed by atoms with Gasteiger partial charge >= 0.3 is 0 Å². The van der Waals surface area contributed by atoms with Gasteiger partial charge in [0.1, 0.15) is 6.29 Å². The molecule has 0 spiro atoms. The van der Waals surface area contributed by atoms with Gasteiger partial charge in [-0.3, -0.25) is 26.1 Å². The maximum atomic E-state index is 12.9. The molecule has 3 rings (SSSR count). The first-order valence-corrected chi connectivity index (χ1v) is 14.8. The highest BCUT2D eigenvalue weighted by Gasteiger charge is 2.39. The molecule has 9 nitrogen and oxygen atoms in total. The van der Waals surface area contributed by atoms with Gasteiger partial charge in [-0.25, -0.2) is 0 Å². The molecule has 33 heavy (non-hydrogen) atoms. The minimum absolute atomic E-state index is 0.0390. The van der Waals surface area contributed by atoms with Crippen LogP contribution in [-0.2, 0) is 14.1 Å². The summed E-state index contributed by atoms with van der Waals surface area (Å²) in [6.45, 7) is 7.86. The molecule has 10 heteroatoms. The van der Waals surface area contributed by atoms with Gasteiger partial charge in [-0.15, -0.1) is 0 Å². The van der Waals surface area contributed by atoms with E-state index in [1.165, 1.54) is 6.08 Å². The van der Waals surface area contributed by atoms with Crippen LogP contribution >= 0.6 is 7.14 Å². The summed E-state index contributed by atoms with van der Waals surface area (Å²) < 4.78 is 18.6. The molecule has 0 aromatic rings. The number of nitrogens with one attached hydrogen (secondary N) is 5. The van der Waals surface area contributed by atoms with E-state index >= 15 is 0 Å². The Kier molecular flexibility index (Phi) is 9.52. The monoisotopic (exact) mass is 480 g/mol. The predicted molar refractivity (Wildman–Crippen MR) is 130 cm³/mol. The molecule has 1 amide bonds. The van der Waals surface area contributed by atoms with Crippen LogP contribution in [0.25, 0.3) is 0 Å². The van der Waals surface area contributed by atoms with E-state index in [0.717, 1.165) is 44.9 Å². The third-order valence-electron chi connectivity index (χ3n) is 7.38. The van der Waals surface area contributed by atoms with Crippen molar-refractivity contribution < 1.29 is 14.1 Å². The molecular weight excluding hydrogens is 439 g/mol. The van der Waals surface area contributed by atoms with Crippen LogP contribution in [0.2, 0.25) is 0 Å². The Morgan fingerprint density at radius 3 is 2.61 bits per heavy atom. The van der Waals surface area contributed by atoms with Crippen molar-refractivity contribution in [3.05, 3.63) is 12.7 Å². The minimum atomic E-state index is -2.23. The molecule has 0 radical (unpaired) electrons. The zero-order valence-corrected chi connectivity index (χ0v) is 21.1. The van der Waals surface area contributed by atoms with Crippen molar-refractivity contribution in [1.82, 2.24) is 26.6 Å². The number of carbonyl (C=O) groups is 1. The smallest absolute Gasteiger partial charge is 0.243 e. The fourth-order valence-corrected chi connectivity index (χ4v) is 7.50. The van der Waals surface area contributed by atoms with Crippen molar-refractivity contribution in [2.75, 3.05) is 27.0 Å². The summed E-state index contributed by atoms with van der Waals surface area (Å²) in [6.07, 6.45) is 7.58. The van der Waals surface area contributed by atoms with E-state index < -0.39 is 7.14 Å². The van der Waals surface area contributed by atoms with Gasteiger partial charge in [-0.1, -0.05) is 19.4 Å². The Labute approximate surface area is 198 Å². The molecule has 0 aromatic heterocycles. The molecule has 3 aliphatic rings. The lowest BCUT2D eigenvalue weighted by Gasteiger charge is -2.44. The fraction of sp³-hybridized carbons (Fsp3) is 0.826. The van der Waals surface area contributed by atoms with Gasteiger partial charge < -0.3 is 14.6 Å². The lowest BCUT2D eigenvalue weighted by Crippen LogP contribution is -2.71. The van der Waals surface area contributed by atoms with Crippen molar-refractivity contribution in [3.63, 3.8) is 0 Å². The fourth-order valence-electron chi connectivity index (χ4n) is 5.59. The number of nitrogens with zero attached hydrogens (tertiary/aromatic N) is 1. The summed E-state index contributed by atoms with van der Waals surface area (Å²) >= 11 is 0. The molecule has 8 unspecified atom stereocenters. The number of carbonyl (C=O) groups excluding carboxylic acids is 1. The standard InChI is InChI=1S/C23H41N6O3P/c1-5-21(30)26-16-10-11-19(32-2)18(12-16)28-23-25-14-15(13-24)22(29-23)27-17-8-6-7-9-20(17)33(3,4)31/h5,15-20,22-23,25,27-29H,1,6-12,14H2,2-4H3,(H,26,30). The maximum Gasteiger partial charge on any atom is 0.243 e. The maximum absolute atomic E-state index is 12.9. The molecule has 1 aliphatic heterocycles. The van der Waals surface area contributed by atoms with E-state index in [0.29, 0.717) is 6.54 Å². The van der Waals surface area contributed by atoms with E-state index in [4.69, 9.17) is 4.74 Å². The molecule has 0 aromatic carbocycles. The summed E-state index contributed by atoms with van der Waals surface area (Å²) in [5, 5.41) is 26.9. The first-order chi connectivity index (χ1) is 15.7. The van der Waals surface area contributed by atoms with E-state index in [9.17, 15) is 14.6 Å². The van der Waals surface area contributed by atoms with Crippen LogP contribution in [0.5, 0.6) is 0 Å². The van der Waals surface area contributed by atoms with Gasteiger partial charge in [-0.05, 0) is 51.5 Å². The lowest BCUT2D eigenvalue weighted by molar-refractivity contribution is -0.117. The van der Waals surface area contributed by atoms with Crippen LogP contribution in [0.1, 0.15) is 44.9 Å². The highest BCUT2D eigenvalue weighted by Crippen LogP contribution is 2.49. The molecule has 186 valence electrons. The van der Waals surface area contributed by atoms with E-state index in [1.807, 2.05) is 13.3 Å². The van der Waals surface area contributed by atoms with Crippen LogP contribution < -0.4 is 26.6 Å². The third kappa shape index (κ3) is 7.11. The summed E-state index contributed by atoms with van der Waals surface area (Å²) in [5.74, 6) is -0.390. The second kappa shape index (κ2) is 11.9. The first-order valence-electron chi connectivity index (χ1n) is 12.2. The number of ether oxygens (including phenoxy) is 1. The van der Waals surface area contributed by atoms with Gasteiger partial charge in [-0.2, -0.15) is 5.26 Å². The number of hydrogen-bond donors (Lipinski definition) is 5. The Balaban J connectivity index is 1.64. The van der Waals surface area contributed by atoms with Gasteiger partial charge in [0.2, 0.25) is 5.91 Å². The van der Waals surface area contributed by atoms with Gasteiger partial charge in [0.05, 0.1) is 31.4 Å². The Morgan fingerprint density at radius 2 is 1.94 bits per heavy atom. The number of hydrogen-bond acceptors (Lipinski definition) is 8. The topological polar surface area (TPSA) is 127 Å². The molecule has 3 fully saturated rings. The molecule has 2 aliphatic carbocycles. The van der Waals surface area contributed by atoms with Crippen LogP contribution in [0.3, 0.4) is 0 Å². The lowest BCUT2D eigenvalue weighted by atomic mass is 9.88. The summed E-state index contributed by atoms with van der Waals surface area (Å²) in [7, 11) is -0.514. The van der Waals surface area contributed by atoms with Crippen molar-refractivity contribution in [2.45, 2.75) is 87.3 Å². The summed E-state index contributed by atoms with van der Waals surface area (Å²) in [5.41, 5.74) is 0.152. The average molecular weight is 481 g/mol. The van der Waals surface area contributed by atoms with Crippen molar-refractivity contribution >= 4 is 13.0 Å². The molecule has 2 saturated carbocycles. The quantitative estimate of drug-likeness (QED) is 0.260. The third-order valence-corrected chi connectivity index (χ3v) is 9.60. The van der Waals surface area contributed by atoms with Crippen molar-refractivity contribution in [2.24, 2.45) is 5.92 Å². The average Bonchev–Trinajstić information content (AvgIpc) is 2.79. The summed E-state index contributed by atoms with van der Waals surface area (Å²) in [6, 6.07) is 2.66. The largest absolute Gasteiger partial charge is 0.380 e. The zero-order chi connectivity index (χ0) is 24.0. The predicted octanol–water partition coefficient (Wildman–Crippen LogP) is 1.28. The Morgan fingerprint density at radius 1 is 1.18 bits per heavy atom. The second-order valence-electron chi connectivity index (χ2n) is 10.1. The number of amides is 1. The molecule has 0 bridgehead atoms. The minimum Gasteiger partial charge on any atom is -0.380 e. The van der Waals surface area contributed by atoms with Gasteiger partial charge in [0, 0.05) is 37.4 Å². The highest BCUT2D eigenvalue weighted by atomic mass is 31.2. The number of nitriles is 1. The zero-order valence-electron chi connectivity index (χ0n) is 20.2. The Bertz CT molecular complexity index is 768. The van der Waals surface area contributed by atoms with E-state index in [-0.39, 0.29) is 54.2 Å². The highest BCUT2D eigenvalue weighted by molar-refractivity contribution is 7.63. The van der Waals surface area contributed by atoms with E-state index in [1.54, 1.807) is 7.11 Å². The first kappa shape index (κ1) is 26.3. The molecule has 1 saturated heterocycles. The van der Waals surface area contributed by atoms with Gasteiger partial charge in [0.15, 0.2) is 0 Å². The van der Waals surface area contributed by atoms with Crippen LogP contribution in [0.15, 0.2) is 12.7 Å². The van der Waals surface area contributed by atoms with Gasteiger partial charge in [0.25, 0.3) is 0 Å². The molecular formula is C23H41N6O3P. The molecule has 5 N–H and O–H groups in total. The Hall–Kier alpha value is -1.27. The van der Waals surface area contributed by atoms with E-state index in [2.05, 4.69) is 39.2 Å². The second-order valence-corrected chi connectivity index (χ2v) is 13.6. The normalized spacial score (nSPS) is 37.6. The molecule has 1 heterocycles. The van der Waals surface area contributed by atoms with Crippen LogP contribution in [0, 0.1) is 17.2 Å². The van der Waals surface area contributed by atoms with Crippen LogP contribution in [-0.4, -0.2) is 75.2 Å². The number of methoxy groups -OCH3 is 1. The summed E-state index contributed by atoms with van der Waals surface area (Å²) in [4.78, 5) is 11.8. The van der Waals surface area contributed by atoms with Crippen molar-refractivity contribution in [1.29, 1.82) is 5.26 Å². The molecule has 8 atom stereocenters. The number of rotatable bonds is 8. The SMILES string of the molecule is C=CC(=O)NC1CCC(OC)C(NC2NCC(C#N)C(NC3CCCCC3P(C)(C)=O)N2)C1. The van der Waals surface area contributed by atoms with Crippen LogP contribution in [0.4, 0.5) is 0 Å². The van der Waals surface area contributed by atoms with Crippen molar-refractivity contribution in [3.8, 4) is 6.07 Å².